The van der Waals surface area contributed by atoms with Crippen LogP contribution in [0.2, 0.25) is 0 Å². The van der Waals surface area contributed by atoms with E-state index in [9.17, 15) is 9.59 Å². The van der Waals surface area contributed by atoms with Crippen LogP contribution in [0.3, 0.4) is 0 Å². The van der Waals surface area contributed by atoms with E-state index in [-0.39, 0.29) is 18.0 Å². The monoisotopic (exact) mass is 317 g/mol. The second-order valence-corrected chi connectivity index (χ2v) is 6.06. The van der Waals surface area contributed by atoms with Gasteiger partial charge in [-0.15, -0.1) is 0 Å². The third-order valence-corrected chi connectivity index (χ3v) is 4.23. The number of nitrogens with one attached hydrogen (secondary N) is 2. The third-order valence-electron chi connectivity index (χ3n) is 4.23. The normalized spacial score (nSPS) is 18.4. The van der Waals surface area contributed by atoms with Crippen LogP contribution in [-0.2, 0) is 11.2 Å². The summed E-state index contributed by atoms with van der Waals surface area (Å²) in [6.07, 6.45) is 3.94. The Kier molecular flexibility index (Phi) is 6.44. The van der Waals surface area contributed by atoms with Crippen molar-refractivity contribution in [1.82, 2.24) is 10.2 Å². The summed E-state index contributed by atoms with van der Waals surface area (Å²) >= 11 is 0. The van der Waals surface area contributed by atoms with Crippen LogP contribution in [-0.4, -0.2) is 36.0 Å². The van der Waals surface area contributed by atoms with E-state index in [1.54, 1.807) is 0 Å². The van der Waals surface area contributed by atoms with Crippen molar-refractivity contribution in [2.24, 2.45) is 0 Å². The van der Waals surface area contributed by atoms with E-state index in [0.717, 1.165) is 38.0 Å². The molecule has 0 aromatic heterocycles. The summed E-state index contributed by atoms with van der Waals surface area (Å²) in [7, 11) is 0. The average Bonchev–Trinajstić information content (AvgIpc) is 2.71. The molecule has 1 aliphatic rings. The van der Waals surface area contributed by atoms with Gasteiger partial charge in [0.05, 0.1) is 0 Å². The molecule has 5 nitrogen and oxygen atoms in total. The van der Waals surface area contributed by atoms with Crippen LogP contribution in [0.25, 0.3) is 0 Å². The van der Waals surface area contributed by atoms with Crippen LogP contribution in [0.5, 0.6) is 0 Å². The molecule has 23 heavy (non-hydrogen) atoms. The SMILES string of the molecule is CCCN1CCC(NC(=O)Nc2cccc(CC)c2)CCC1=O. The first-order valence-electron chi connectivity index (χ1n) is 8.56. The first-order valence-corrected chi connectivity index (χ1v) is 8.56. The zero-order valence-electron chi connectivity index (χ0n) is 14.1. The Morgan fingerprint density at radius 2 is 2.13 bits per heavy atom. The molecule has 1 atom stereocenters. The molecule has 0 aliphatic carbocycles. The molecule has 1 aromatic carbocycles. The van der Waals surface area contributed by atoms with Gasteiger partial charge in [0.15, 0.2) is 0 Å². The van der Waals surface area contributed by atoms with Crippen LogP contribution >= 0.6 is 0 Å². The maximum atomic E-state index is 12.2. The van der Waals surface area contributed by atoms with Crippen LogP contribution < -0.4 is 10.6 Å². The van der Waals surface area contributed by atoms with E-state index in [1.165, 1.54) is 5.56 Å². The van der Waals surface area contributed by atoms with Gasteiger partial charge in [-0.05, 0) is 43.4 Å². The van der Waals surface area contributed by atoms with Crippen molar-refractivity contribution < 1.29 is 9.59 Å². The zero-order valence-corrected chi connectivity index (χ0v) is 14.1. The van der Waals surface area contributed by atoms with Gasteiger partial charge in [-0.3, -0.25) is 4.79 Å². The van der Waals surface area contributed by atoms with Gasteiger partial charge < -0.3 is 15.5 Å². The summed E-state index contributed by atoms with van der Waals surface area (Å²) in [6, 6.07) is 7.72. The number of anilines is 1. The lowest BCUT2D eigenvalue weighted by Gasteiger charge is -2.20. The molecule has 3 amide bonds. The van der Waals surface area contributed by atoms with E-state index in [4.69, 9.17) is 0 Å². The highest BCUT2D eigenvalue weighted by Gasteiger charge is 2.22. The Labute approximate surface area is 138 Å². The average molecular weight is 317 g/mol. The van der Waals surface area contributed by atoms with Gasteiger partial charge in [0, 0.05) is 31.2 Å². The molecule has 1 heterocycles. The Bertz CT molecular complexity index is 545. The van der Waals surface area contributed by atoms with Crippen molar-refractivity contribution in [2.45, 2.75) is 52.0 Å². The number of carbonyl (C=O) groups is 2. The van der Waals surface area contributed by atoms with E-state index in [0.29, 0.717) is 12.8 Å². The molecule has 1 fully saturated rings. The molecule has 5 heteroatoms. The fourth-order valence-corrected chi connectivity index (χ4v) is 2.91. The zero-order chi connectivity index (χ0) is 16.7. The first-order chi connectivity index (χ1) is 11.1. The van der Waals surface area contributed by atoms with Gasteiger partial charge in [-0.25, -0.2) is 4.79 Å². The van der Waals surface area contributed by atoms with Crippen molar-refractivity contribution in [2.75, 3.05) is 18.4 Å². The molecule has 2 rings (SSSR count). The molecule has 1 aliphatic heterocycles. The summed E-state index contributed by atoms with van der Waals surface area (Å²) in [4.78, 5) is 26.1. The number of benzene rings is 1. The molecular formula is C18H27N3O2. The molecule has 1 saturated heterocycles. The number of likely N-dealkylation sites (tertiary alicyclic amines) is 1. The van der Waals surface area contributed by atoms with Crippen molar-refractivity contribution in [3.05, 3.63) is 29.8 Å². The van der Waals surface area contributed by atoms with E-state index < -0.39 is 0 Å². The fourth-order valence-electron chi connectivity index (χ4n) is 2.91. The maximum absolute atomic E-state index is 12.2. The number of aryl methyl sites for hydroxylation is 1. The highest BCUT2D eigenvalue weighted by atomic mass is 16.2. The summed E-state index contributed by atoms with van der Waals surface area (Å²) in [5, 5.41) is 5.88. The number of urea groups is 1. The van der Waals surface area contributed by atoms with Crippen molar-refractivity contribution in [1.29, 1.82) is 0 Å². The van der Waals surface area contributed by atoms with Crippen LogP contribution in [0.1, 0.15) is 45.1 Å². The summed E-state index contributed by atoms with van der Waals surface area (Å²) in [5.74, 6) is 0.201. The van der Waals surface area contributed by atoms with Crippen molar-refractivity contribution in [3.63, 3.8) is 0 Å². The number of amides is 3. The summed E-state index contributed by atoms with van der Waals surface area (Å²) < 4.78 is 0. The largest absolute Gasteiger partial charge is 0.343 e. The Morgan fingerprint density at radius 1 is 1.30 bits per heavy atom. The van der Waals surface area contributed by atoms with Crippen LogP contribution in [0, 0.1) is 0 Å². The Morgan fingerprint density at radius 3 is 2.87 bits per heavy atom. The van der Waals surface area contributed by atoms with Crippen molar-refractivity contribution in [3.8, 4) is 0 Å². The topological polar surface area (TPSA) is 61.4 Å². The predicted molar refractivity (Wildman–Crippen MR) is 92.5 cm³/mol. The van der Waals surface area contributed by atoms with E-state index in [2.05, 4.69) is 24.5 Å². The number of hydrogen-bond acceptors (Lipinski definition) is 2. The number of rotatable bonds is 5. The summed E-state index contributed by atoms with van der Waals surface area (Å²) in [6.45, 7) is 5.69. The quantitative estimate of drug-likeness (QED) is 0.876. The molecule has 0 spiro atoms. The molecule has 1 unspecified atom stereocenters. The molecule has 0 bridgehead atoms. The summed E-state index contributed by atoms with van der Waals surface area (Å²) in [5.41, 5.74) is 2.00. The highest BCUT2D eigenvalue weighted by molar-refractivity contribution is 5.89. The van der Waals surface area contributed by atoms with E-state index >= 15 is 0 Å². The third kappa shape index (κ3) is 5.27. The van der Waals surface area contributed by atoms with Crippen LogP contribution in [0.4, 0.5) is 10.5 Å². The van der Waals surface area contributed by atoms with Crippen LogP contribution in [0.15, 0.2) is 24.3 Å². The molecule has 126 valence electrons. The Hall–Kier alpha value is -2.04. The van der Waals surface area contributed by atoms with Crippen molar-refractivity contribution >= 4 is 17.6 Å². The second-order valence-electron chi connectivity index (χ2n) is 6.06. The molecule has 0 saturated carbocycles. The predicted octanol–water partition coefficient (Wildman–Crippen LogP) is 3.16. The maximum Gasteiger partial charge on any atom is 0.319 e. The van der Waals surface area contributed by atoms with E-state index in [1.807, 2.05) is 29.2 Å². The molecule has 1 aromatic rings. The smallest absolute Gasteiger partial charge is 0.319 e. The lowest BCUT2D eigenvalue weighted by atomic mass is 10.1. The van der Waals surface area contributed by atoms with Gasteiger partial charge in [-0.2, -0.15) is 0 Å². The lowest BCUT2D eigenvalue weighted by molar-refractivity contribution is -0.130. The minimum absolute atomic E-state index is 0.0511. The second kappa shape index (κ2) is 8.56. The molecule has 0 radical (unpaired) electrons. The number of hydrogen-bond donors (Lipinski definition) is 2. The highest BCUT2D eigenvalue weighted by Crippen LogP contribution is 2.14. The number of carbonyl (C=O) groups excluding carboxylic acids is 2. The fraction of sp³-hybridized carbons (Fsp3) is 0.556. The minimum atomic E-state index is -0.195. The van der Waals surface area contributed by atoms with Gasteiger partial charge >= 0.3 is 6.03 Å². The minimum Gasteiger partial charge on any atom is -0.343 e. The van der Waals surface area contributed by atoms with Gasteiger partial charge in [-0.1, -0.05) is 26.0 Å². The number of nitrogens with zero attached hydrogens (tertiary/aromatic N) is 1. The van der Waals surface area contributed by atoms with Gasteiger partial charge in [0.25, 0.3) is 0 Å². The van der Waals surface area contributed by atoms with Gasteiger partial charge in [0.2, 0.25) is 5.91 Å². The standard InChI is InChI=1S/C18H27N3O2/c1-3-11-21-12-10-15(8-9-17(21)22)19-18(23)20-16-7-5-6-14(4-2)13-16/h5-7,13,15H,3-4,8-12H2,1-2H3,(H2,19,20,23). The molecular weight excluding hydrogens is 290 g/mol. The molecule has 2 N–H and O–H groups in total. The lowest BCUT2D eigenvalue weighted by Crippen LogP contribution is -2.38. The van der Waals surface area contributed by atoms with Gasteiger partial charge in [0.1, 0.15) is 0 Å². The first kappa shape index (κ1) is 17.3. The Balaban J connectivity index is 1.86.